The van der Waals surface area contributed by atoms with Crippen molar-refractivity contribution in [2.45, 2.75) is 18.3 Å². The van der Waals surface area contributed by atoms with Crippen LogP contribution in [0.5, 0.6) is 0 Å². The van der Waals surface area contributed by atoms with Crippen LogP contribution in [0.3, 0.4) is 0 Å². The molecule has 0 heterocycles. The largest absolute Gasteiger partial charge is 1.00 e. The molecule has 62 valence electrons. The molecule has 0 aromatic carbocycles. The second kappa shape index (κ2) is 5.47. The van der Waals surface area contributed by atoms with Gasteiger partial charge in [0, 0.05) is 6.42 Å². The Morgan fingerprint density at radius 2 is 1.36 bits per heavy atom. The summed E-state index contributed by atoms with van der Waals surface area (Å²) in [6.07, 6.45) is -0.787. The maximum Gasteiger partial charge on any atom is 1.00 e. The zero-order valence-electron chi connectivity index (χ0n) is 7.05. The van der Waals surface area contributed by atoms with Crippen molar-refractivity contribution in [2.75, 3.05) is 0 Å². The van der Waals surface area contributed by atoms with Gasteiger partial charge in [0.15, 0.2) is 5.79 Å². The molecule has 11 heavy (non-hydrogen) atoms. The van der Waals surface area contributed by atoms with E-state index >= 15 is 0 Å². The van der Waals surface area contributed by atoms with E-state index in [2.05, 4.69) is 0 Å². The van der Waals surface area contributed by atoms with Crippen molar-refractivity contribution in [3.05, 3.63) is 0 Å². The first kappa shape index (κ1) is 14.4. The molecule has 1 rings (SSSR count). The van der Waals surface area contributed by atoms with Crippen LogP contribution in [0, 0.1) is 0 Å². The van der Waals surface area contributed by atoms with E-state index in [9.17, 15) is 0 Å². The van der Waals surface area contributed by atoms with E-state index in [-0.39, 0.29) is 37.4 Å². The monoisotopic (exact) mass is 176 g/mol. The summed E-state index contributed by atoms with van der Waals surface area (Å²) in [5.74, 6) is -1.74. The number of hydrogen-bond donors (Lipinski definition) is 6. The van der Waals surface area contributed by atoms with Crippen LogP contribution in [0.2, 0.25) is 0 Å². The van der Waals surface area contributed by atoms with Crippen LogP contribution < -0.4 is 29.6 Å². The molecule has 0 aromatic heterocycles. The van der Waals surface area contributed by atoms with Gasteiger partial charge in [0.25, 0.3) is 0 Å². The molecule has 1 aliphatic rings. The molecular weight excluding hydrogens is 166 g/mol. The summed E-state index contributed by atoms with van der Waals surface area (Å²) in [5.41, 5.74) is 0. The summed E-state index contributed by atoms with van der Waals surface area (Å²) < 4.78 is 0. The first-order valence-corrected chi connectivity index (χ1v) is 2.53. The van der Waals surface area contributed by atoms with Crippen molar-refractivity contribution in [3.8, 4) is 0 Å². The Balaban J connectivity index is -0.000000124. The van der Waals surface area contributed by atoms with Crippen LogP contribution in [-0.4, -0.2) is 49.6 Å². The molecule has 0 radical (unpaired) electrons. The van der Waals surface area contributed by atoms with E-state index < -0.39 is 19.2 Å². The molecule has 8 heteroatoms. The maximum atomic E-state index is 8.21. The average Bonchev–Trinajstić information content (AvgIpc) is 2.08. The van der Waals surface area contributed by atoms with Crippen molar-refractivity contribution in [1.82, 2.24) is 0 Å². The third kappa shape index (κ3) is 8.73. The van der Waals surface area contributed by atoms with Crippen molar-refractivity contribution >= 4 is 7.32 Å². The standard InChI is InChI=1S/C3H6O3.BH3O3.Na.H/c4-2-1-3(2,5)6;2-1(3)4;;/h2,4-6H,1H2;2-4H;;/q;;+1;-1. The van der Waals surface area contributed by atoms with E-state index in [1.54, 1.807) is 0 Å². The fourth-order valence-corrected chi connectivity index (χ4v) is 0.226. The second-order valence-electron chi connectivity index (χ2n) is 1.94. The zero-order chi connectivity index (χ0) is 8.36. The van der Waals surface area contributed by atoms with Gasteiger partial charge in [-0.25, -0.2) is 0 Å². The Morgan fingerprint density at radius 3 is 1.36 bits per heavy atom. The number of aliphatic hydroxyl groups is 3. The Hall–Kier alpha value is 0.825. The molecule has 6 nitrogen and oxygen atoms in total. The molecule has 0 spiro atoms. The van der Waals surface area contributed by atoms with Crippen LogP contribution in [0.1, 0.15) is 7.85 Å². The number of aliphatic hydroxyl groups excluding tert-OH is 1. The summed E-state index contributed by atoms with van der Waals surface area (Å²) in [6.45, 7) is 0. The van der Waals surface area contributed by atoms with Crippen LogP contribution >= 0.6 is 0 Å². The Labute approximate surface area is 87.1 Å². The van der Waals surface area contributed by atoms with Gasteiger partial charge in [-0.3, -0.25) is 0 Å². The summed E-state index contributed by atoms with van der Waals surface area (Å²) in [4.78, 5) is 0. The van der Waals surface area contributed by atoms with Gasteiger partial charge in [0.05, 0.1) is 0 Å². The van der Waals surface area contributed by atoms with Gasteiger partial charge < -0.3 is 31.8 Å². The van der Waals surface area contributed by atoms with Crippen LogP contribution in [-0.2, 0) is 0 Å². The minimum atomic E-state index is -2.17. The molecule has 1 fully saturated rings. The first-order valence-electron chi connectivity index (χ1n) is 2.53. The van der Waals surface area contributed by atoms with E-state index in [1.165, 1.54) is 0 Å². The topological polar surface area (TPSA) is 121 Å². The van der Waals surface area contributed by atoms with Gasteiger partial charge in [0.1, 0.15) is 6.10 Å². The molecule has 1 atom stereocenters. The predicted molar refractivity (Wildman–Crippen MR) is 31.3 cm³/mol. The summed E-state index contributed by atoms with van der Waals surface area (Å²) in [7, 11) is -2.17. The summed E-state index contributed by atoms with van der Waals surface area (Å²) in [5, 5.41) is 46.1. The molecule has 1 saturated carbocycles. The van der Waals surface area contributed by atoms with Crippen molar-refractivity contribution in [2.24, 2.45) is 0 Å². The first-order chi connectivity index (χ1) is 4.36. The van der Waals surface area contributed by atoms with E-state index in [0.717, 1.165) is 0 Å². The average molecular weight is 176 g/mol. The Bertz CT molecular complexity index is 110. The van der Waals surface area contributed by atoms with Crippen LogP contribution in [0.25, 0.3) is 0 Å². The second-order valence-corrected chi connectivity index (χ2v) is 1.94. The normalized spacial score (nSPS) is 24.0. The Kier molecular flexibility index (Phi) is 7.13. The third-order valence-electron chi connectivity index (χ3n) is 0.867. The number of hydrogen-bond acceptors (Lipinski definition) is 6. The van der Waals surface area contributed by atoms with Crippen LogP contribution in [0.4, 0.5) is 0 Å². The molecule has 1 unspecified atom stereocenters. The molecule has 0 aliphatic heterocycles. The van der Waals surface area contributed by atoms with Crippen LogP contribution in [0.15, 0.2) is 0 Å². The van der Waals surface area contributed by atoms with Gasteiger partial charge in [0.2, 0.25) is 0 Å². The third-order valence-corrected chi connectivity index (χ3v) is 0.867. The van der Waals surface area contributed by atoms with E-state index in [4.69, 9.17) is 30.4 Å². The molecule has 0 aromatic rings. The fraction of sp³-hybridized carbons (Fsp3) is 1.00. The van der Waals surface area contributed by atoms with Gasteiger partial charge in [-0.05, 0) is 0 Å². The zero-order valence-corrected chi connectivity index (χ0v) is 8.05. The summed E-state index contributed by atoms with van der Waals surface area (Å²) >= 11 is 0. The summed E-state index contributed by atoms with van der Waals surface area (Å²) in [6, 6.07) is 0. The molecule has 0 saturated heterocycles. The molecule has 0 amide bonds. The molecule has 1 aliphatic carbocycles. The molecular formula is C3H10BNaO6. The quantitative estimate of drug-likeness (QED) is 0.161. The fourth-order valence-electron chi connectivity index (χ4n) is 0.226. The van der Waals surface area contributed by atoms with E-state index in [0.29, 0.717) is 0 Å². The van der Waals surface area contributed by atoms with E-state index in [1.807, 2.05) is 0 Å². The van der Waals surface area contributed by atoms with Gasteiger partial charge >= 0.3 is 36.9 Å². The SMILES string of the molecule is OB(O)O.OC1CC1(O)O.[H-].[Na+]. The molecule has 6 N–H and O–H groups in total. The smallest absolute Gasteiger partial charge is 1.00 e. The number of rotatable bonds is 0. The Morgan fingerprint density at radius 1 is 1.27 bits per heavy atom. The minimum Gasteiger partial charge on any atom is -1.00 e. The van der Waals surface area contributed by atoms with Crippen molar-refractivity contribution in [1.29, 1.82) is 0 Å². The predicted octanol–water partition coefficient (Wildman–Crippen LogP) is -6.50. The maximum absolute atomic E-state index is 8.21. The molecule has 0 bridgehead atoms. The van der Waals surface area contributed by atoms with Gasteiger partial charge in [-0.15, -0.1) is 0 Å². The van der Waals surface area contributed by atoms with Gasteiger partial charge in [-0.2, -0.15) is 0 Å². The van der Waals surface area contributed by atoms with Gasteiger partial charge in [-0.1, -0.05) is 0 Å². The van der Waals surface area contributed by atoms with Crippen molar-refractivity contribution in [3.63, 3.8) is 0 Å². The minimum absolute atomic E-state index is 0. The van der Waals surface area contributed by atoms with Crippen molar-refractivity contribution < 1.29 is 61.4 Å².